The summed E-state index contributed by atoms with van der Waals surface area (Å²) in [5.74, 6) is 1.93. The summed E-state index contributed by atoms with van der Waals surface area (Å²) < 4.78 is 5.20. The fourth-order valence-electron chi connectivity index (χ4n) is 1.28. The number of thioether (sulfide) groups is 1. The molecule has 5 heteroatoms. The highest BCUT2D eigenvalue weighted by Crippen LogP contribution is 2.16. The molecule has 0 saturated heterocycles. The van der Waals surface area contributed by atoms with Gasteiger partial charge in [0, 0.05) is 29.5 Å². The second kappa shape index (κ2) is 8.55. The molecular weight excluding hydrogens is 254 g/mol. The lowest BCUT2D eigenvalue weighted by atomic mass is 10.4. The van der Waals surface area contributed by atoms with Gasteiger partial charge in [0.25, 0.3) is 0 Å². The van der Waals surface area contributed by atoms with E-state index in [1.807, 2.05) is 18.7 Å². The molecule has 1 unspecified atom stereocenters. The van der Waals surface area contributed by atoms with E-state index in [0.717, 1.165) is 11.5 Å². The van der Waals surface area contributed by atoms with Gasteiger partial charge in [-0.05, 0) is 25.3 Å². The molecule has 1 atom stereocenters. The van der Waals surface area contributed by atoms with E-state index < -0.39 is 0 Å². The van der Waals surface area contributed by atoms with Crippen LogP contribution in [-0.2, 0) is 15.3 Å². The third kappa shape index (κ3) is 6.10. The van der Waals surface area contributed by atoms with E-state index in [-0.39, 0.29) is 12.0 Å². The Labute approximate surface area is 111 Å². The maximum Gasteiger partial charge on any atom is 0.248 e. The largest absolute Gasteiger partial charge is 0.369 e. The van der Waals surface area contributed by atoms with Gasteiger partial charge in [0.2, 0.25) is 5.91 Å². The van der Waals surface area contributed by atoms with Crippen molar-refractivity contribution in [3.05, 3.63) is 22.4 Å². The van der Waals surface area contributed by atoms with Gasteiger partial charge in [-0.2, -0.15) is 11.8 Å². The molecule has 1 aromatic heterocycles. The van der Waals surface area contributed by atoms with Crippen molar-refractivity contribution in [3.8, 4) is 0 Å². The van der Waals surface area contributed by atoms with E-state index >= 15 is 0 Å². The maximum absolute atomic E-state index is 11.5. The number of hydrogen-bond donors (Lipinski definition) is 1. The molecule has 0 fully saturated rings. The Morgan fingerprint density at radius 1 is 1.65 bits per heavy atom. The van der Waals surface area contributed by atoms with E-state index in [4.69, 9.17) is 4.74 Å². The second-order valence-corrected chi connectivity index (χ2v) is 5.66. The number of thiophene rings is 1. The summed E-state index contributed by atoms with van der Waals surface area (Å²) in [5, 5.41) is 4.95. The Balaban J connectivity index is 2.02. The lowest BCUT2D eigenvalue weighted by molar-refractivity contribution is -0.131. The molecule has 17 heavy (non-hydrogen) atoms. The predicted octanol–water partition coefficient (Wildman–Crippen LogP) is 2.52. The Morgan fingerprint density at radius 2 is 2.47 bits per heavy atom. The van der Waals surface area contributed by atoms with E-state index in [0.29, 0.717) is 13.2 Å². The first-order valence-electron chi connectivity index (χ1n) is 5.73. The van der Waals surface area contributed by atoms with Crippen LogP contribution in [0.2, 0.25) is 0 Å². The van der Waals surface area contributed by atoms with Crippen molar-refractivity contribution in [1.29, 1.82) is 0 Å². The minimum absolute atomic E-state index is 0.0245. The molecule has 0 spiro atoms. The molecular formula is C12H19NO2S2. The fourth-order valence-corrected chi connectivity index (χ4v) is 2.98. The Hall–Kier alpha value is -0.520. The van der Waals surface area contributed by atoms with Crippen molar-refractivity contribution in [2.45, 2.75) is 25.7 Å². The summed E-state index contributed by atoms with van der Waals surface area (Å²) >= 11 is 3.60. The number of carbonyl (C=O) groups is 1. The Kier molecular flexibility index (Phi) is 7.32. The van der Waals surface area contributed by atoms with Gasteiger partial charge in [0.15, 0.2) is 0 Å². The first-order chi connectivity index (χ1) is 8.24. The van der Waals surface area contributed by atoms with Crippen LogP contribution in [0.1, 0.15) is 18.7 Å². The molecule has 0 bridgehead atoms. The third-order valence-corrected chi connectivity index (χ3v) is 4.22. The number of ether oxygens (including phenoxy) is 1. The zero-order chi connectivity index (χ0) is 12.5. The number of hydrogen-bond acceptors (Lipinski definition) is 4. The van der Waals surface area contributed by atoms with Crippen LogP contribution in [-0.4, -0.2) is 30.9 Å². The number of amides is 1. The number of nitrogens with one attached hydrogen (secondary N) is 1. The molecule has 0 aliphatic carbocycles. The lowest BCUT2D eigenvalue weighted by Gasteiger charge is -2.11. The van der Waals surface area contributed by atoms with Crippen molar-refractivity contribution >= 4 is 29.0 Å². The van der Waals surface area contributed by atoms with E-state index in [1.165, 1.54) is 4.88 Å². The molecule has 1 N–H and O–H groups in total. The van der Waals surface area contributed by atoms with Crippen molar-refractivity contribution < 1.29 is 9.53 Å². The zero-order valence-corrected chi connectivity index (χ0v) is 11.9. The average molecular weight is 273 g/mol. The van der Waals surface area contributed by atoms with Crippen molar-refractivity contribution in [3.63, 3.8) is 0 Å². The van der Waals surface area contributed by atoms with Gasteiger partial charge in [-0.3, -0.25) is 4.79 Å². The van der Waals surface area contributed by atoms with Crippen LogP contribution in [0.25, 0.3) is 0 Å². The Morgan fingerprint density at radius 3 is 3.12 bits per heavy atom. The van der Waals surface area contributed by atoms with Gasteiger partial charge >= 0.3 is 0 Å². The summed E-state index contributed by atoms with van der Waals surface area (Å²) in [6.07, 6.45) is -0.345. The van der Waals surface area contributed by atoms with Crippen LogP contribution < -0.4 is 5.32 Å². The quantitative estimate of drug-likeness (QED) is 0.740. The Bertz CT molecular complexity index is 314. The van der Waals surface area contributed by atoms with Crippen molar-refractivity contribution in [1.82, 2.24) is 5.32 Å². The highest BCUT2D eigenvalue weighted by atomic mass is 32.2. The number of carbonyl (C=O) groups excluding carboxylic acids is 1. The first-order valence-corrected chi connectivity index (χ1v) is 7.77. The molecule has 0 aromatic carbocycles. The number of rotatable bonds is 8. The standard InChI is InChI=1S/C12H19NO2S2/c1-3-15-10(2)12(14)13-6-8-16-9-11-5-4-7-17-11/h4-5,7,10H,3,6,8-9H2,1-2H3,(H,13,14). The summed E-state index contributed by atoms with van der Waals surface area (Å²) in [6, 6.07) is 4.19. The molecule has 1 rings (SSSR count). The van der Waals surface area contributed by atoms with Gasteiger partial charge in [-0.25, -0.2) is 0 Å². The molecule has 0 aliphatic rings. The molecule has 3 nitrogen and oxygen atoms in total. The summed E-state index contributed by atoms with van der Waals surface area (Å²) in [5.41, 5.74) is 0. The summed E-state index contributed by atoms with van der Waals surface area (Å²) in [7, 11) is 0. The second-order valence-electron chi connectivity index (χ2n) is 3.52. The van der Waals surface area contributed by atoms with Crippen LogP contribution in [0.15, 0.2) is 17.5 Å². The molecule has 96 valence electrons. The monoisotopic (exact) mass is 273 g/mol. The van der Waals surface area contributed by atoms with Gasteiger partial charge in [0.1, 0.15) is 6.10 Å². The molecule has 0 radical (unpaired) electrons. The van der Waals surface area contributed by atoms with Crippen LogP contribution >= 0.6 is 23.1 Å². The highest BCUT2D eigenvalue weighted by Gasteiger charge is 2.10. The maximum atomic E-state index is 11.5. The smallest absolute Gasteiger partial charge is 0.248 e. The van der Waals surface area contributed by atoms with E-state index in [1.54, 1.807) is 18.3 Å². The van der Waals surface area contributed by atoms with E-state index in [9.17, 15) is 4.79 Å². The van der Waals surface area contributed by atoms with Gasteiger partial charge in [-0.1, -0.05) is 6.07 Å². The highest BCUT2D eigenvalue weighted by molar-refractivity contribution is 7.98. The fraction of sp³-hybridized carbons (Fsp3) is 0.583. The zero-order valence-electron chi connectivity index (χ0n) is 10.3. The van der Waals surface area contributed by atoms with Crippen LogP contribution in [0.4, 0.5) is 0 Å². The van der Waals surface area contributed by atoms with E-state index in [2.05, 4.69) is 22.8 Å². The van der Waals surface area contributed by atoms with Gasteiger partial charge in [-0.15, -0.1) is 11.3 Å². The van der Waals surface area contributed by atoms with Gasteiger partial charge < -0.3 is 10.1 Å². The van der Waals surface area contributed by atoms with Crippen LogP contribution in [0.3, 0.4) is 0 Å². The molecule has 1 amide bonds. The normalized spacial score (nSPS) is 12.4. The molecule has 0 aliphatic heterocycles. The molecule has 1 aromatic rings. The van der Waals surface area contributed by atoms with Crippen molar-refractivity contribution in [2.75, 3.05) is 18.9 Å². The van der Waals surface area contributed by atoms with Crippen LogP contribution in [0.5, 0.6) is 0 Å². The SMILES string of the molecule is CCOC(C)C(=O)NCCSCc1cccs1. The molecule has 1 heterocycles. The third-order valence-electron chi connectivity index (χ3n) is 2.16. The minimum Gasteiger partial charge on any atom is -0.369 e. The van der Waals surface area contributed by atoms with Gasteiger partial charge in [0.05, 0.1) is 0 Å². The average Bonchev–Trinajstić information content (AvgIpc) is 2.81. The van der Waals surface area contributed by atoms with Crippen LogP contribution in [0, 0.1) is 0 Å². The predicted molar refractivity (Wildman–Crippen MR) is 74.6 cm³/mol. The lowest BCUT2D eigenvalue weighted by Crippen LogP contribution is -2.35. The van der Waals surface area contributed by atoms with Crippen molar-refractivity contribution in [2.24, 2.45) is 0 Å². The first kappa shape index (κ1) is 14.5. The summed E-state index contributed by atoms with van der Waals surface area (Å²) in [4.78, 5) is 12.9. The summed E-state index contributed by atoms with van der Waals surface area (Å²) in [6.45, 7) is 4.94. The topological polar surface area (TPSA) is 38.3 Å². The minimum atomic E-state index is -0.345. The molecule has 0 saturated carbocycles.